The first kappa shape index (κ1) is 12.7. The molecule has 0 saturated heterocycles. The molecule has 0 fully saturated rings. The number of rotatable bonds is 7. The number of aliphatic hydroxyl groups excluding tert-OH is 1. The van der Waals surface area contributed by atoms with Gasteiger partial charge in [-0.15, -0.1) is 0 Å². The van der Waals surface area contributed by atoms with Gasteiger partial charge in [0.1, 0.15) is 12.4 Å². The van der Waals surface area contributed by atoms with E-state index in [9.17, 15) is 0 Å². The SMILES string of the molecule is C=CCOc1ccccc1CNC[C@@H](C)O. The fourth-order valence-corrected chi connectivity index (χ4v) is 1.36. The molecule has 0 saturated carbocycles. The van der Waals surface area contributed by atoms with Crippen LogP contribution in [-0.2, 0) is 6.54 Å². The molecule has 0 amide bonds. The minimum Gasteiger partial charge on any atom is -0.489 e. The van der Waals surface area contributed by atoms with Crippen molar-refractivity contribution < 1.29 is 9.84 Å². The van der Waals surface area contributed by atoms with Gasteiger partial charge in [-0.05, 0) is 13.0 Å². The van der Waals surface area contributed by atoms with E-state index in [4.69, 9.17) is 9.84 Å². The molecule has 1 atom stereocenters. The van der Waals surface area contributed by atoms with Crippen LogP contribution in [0.1, 0.15) is 12.5 Å². The molecule has 3 heteroatoms. The first-order valence-corrected chi connectivity index (χ1v) is 5.44. The van der Waals surface area contributed by atoms with Crippen LogP contribution in [-0.4, -0.2) is 24.4 Å². The Balaban J connectivity index is 2.52. The van der Waals surface area contributed by atoms with Crippen molar-refractivity contribution >= 4 is 0 Å². The van der Waals surface area contributed by atoms with Crippen LogP contribution < -0.4 is 10.1 Å². The van der Waals surface area contributed by atoms with Crippen molar-refractivity contribution in [2.24, 2.45) is 0 Å². The number of benzene rings is 1. The van der Waals surface area contributed by atoms with Crippen LogP contribution in [0.15, 0.2) is 36.9 Å². The van der Waals surface area contributed by atoms with E-state index in [-0.39, 0.29) is 6.10 Å². The van der Waals surface area contributed by atoms with Crippen molar-refractivity contribution in [2.75, 3.05) is 13.2 Å². The average Bonchev–Trinajstić information content (AvgIpc) is 2.27. The zero-order valence-electron chi connectivity index (χ0n) is 9.65. The lowest BCUT2D eigenvalue weighted by molar-refractivity contribution is 0.190. The fraction of sp³-hybridized carbons (Fsp3) is 0.385. The van der Waals surface area contributed by atoms with Gasteiger partial charge in [0.25, 0.3) is 0 Å². The summed E-state index contributed by atoms with van der Waals surface area (Å²) in [5, 5.41) is 12.3. The Labute approximate surface area is 96.8 Å². The lowest BCUT2D eigenvalue weighted by atomic mass is 10.2. The van der Waals surface area contributed by atoms with Crippen LogP contribution in [0.5, 0.6) is 5.75 Å². The summed E-state index contributed by atoms with van der Waals surface area (Å²) in [5.41, 5.74) is 1.09. The van der Waals surface area contributed by atoms with Crippen LogP contribution in [0, 0.1) is 0 Å². The second kappa shape index (κ2) is 7.04. The summed E-state index contributed by atoms with van der Waals surface area (Å²) < 4.78 is 5.52. The molecular weight excluding hydrogens is 202 g/mol. The van der Waals surface area contributed by atoms with Crippen LogP contribution in [0.3, 0.4) is 0 Å². The highest BCUT2D eigenvalue weighted by Gasteiger charge is 2.02. The summed E-state index contributed by atoms with van der Waals surface area (Å²) in [7, 11) is 0. The van der Waals surface area contributed by atoms with Crippen molar-refractivity contribution in [3.63, 3.8) is 0 Å². The Kier molecular flexibility index (Phi) is 5.61. The van der Waals surface area contributed by atoms with E-state index in [1.165, 1.54) is 0 Å². The van der Waals surface area contributed by atoms with Crippen molar-refractivity contribution in [1.29, 1.82) is 0 Å². The second-order valence-electron chi connectivity index (χ2n) is 3.69. The molecule has 1 aromatic carbocycles. The molecule has 16 heavy (non-hydrogen) atoms. The minimum absolute atomic E-state index is 0.332. The lowest BCUT2D eigenvalue weighted by Gasteiger charge is -2.11. The van der Waals surface area contributed by atoms with Gasteiger partial charge < -0.3 is 15.2 Å². The summed E-state index contributed by atoms with van der Waals surface area (Å²) in [5.74, 6) is 0.862. The van der Waals surface area contributed by atoms with Gasteiger partial charge in [0.2, 0.25) is 0 Å². The molecule has 0 bridgehead atoms. The van der Waals surface area contributed by atoms with Crippen molar-refractivity contribution in [3.8, 4) is 5.75 Å². The maximum atomic E-state index is 9.13. The van der Waals surface area contributed by atoms with Crippen LogP contribution >= 0.6 is 0 Å². The summed E-state index contributed by atoms with van der Waals surface area (Å²) in [6.07, 6.45) is 1.39. The second-order valence-corrected chi connectivity index (χ2v) is 3.69. The normalized spacial score (nSPS) is 12.1. The number of nitrogens with one attached hydrogen (secondary N) is 1. The van der Waals surface area contributed by atoms with Crippen LogP contribution in [0.25, 0.3) is 0 Å². The summed E-state index contributed by atoms with van der Waals surface area (Å²) in [6, 6.07) is 7.85. The van der Waals surface area contributed by atoms with Gasteiger partial charge in [-0.3, -0.25) is 0 Å². The van der Waals surface area contributed by atoms with E-state index in [0.717, 1.165) is 11.3 Å². The minimum atomic E-state index is -0.332. The number of ether oxygens (including phenoxy) is 1. The van der Waals surface area contributed by atoms with Gasteiger partial charge in [0.05, 0.1) is 6.10 Å². The smallest absolute Gasteiger partial charge is 0.124 e. The molecule has 0 spiro atoms. The molecule has 1 rings (SSSR count). The van der Waals surface area contributed by atoms with Crippen molar-refractivity contribution in [1.82, 2.24) is 5.32 Å². The molecule has 0 aliphatic rings. The van der Waals surface area contributed by atoms with E-state index in [1.807, 2.05) is 24.3 Å². The number of para-hydroxylation sites is 1. The molecule has 0 aliphatic heterocycles. The molecule has 1 aromatic rings. The third-order valence-corrected chi connectivity index (χ3v) is 2.08. The Morgan fingerprint density at radius 2 is 2.25 bits per heavy atom. The zero-order valence-corrected chi connectivity index (χ0v) is 9.65. The van der Waals surface area contributed by atoms with E-state index >= 15 is 0 Å². The van der Waals surface area contributed by atoms with Crippen molar-refractivity contribution in [2.45, 2.75) is 19.6 Å². The topological polar surface area (TPSA) is 41.5 Å². The average molecular weight is 221 g/mol. The maximum Gasteiger partial charge on any atom is 0.124 e. The van der Waals surface area contributed by atoms with Crippen LogP contribution in [0.2, 0.25) is 0 Å². The number of aliphatic hydroxyl groups is 1. The van der Waals surface area contributed by atoms with E-state index < -0.39 is 0 Å². The van der Waals surface area contributed by atoms with Gasteiger partial charge in [-0.25, -0.2) is 0 Å². The molecular formula is C13H19NO2. The van der Waals surface area contributed by atoms with E-state index in [2.05, 4.69) is 11.9 Å². The highest BCUT2D eigenvalue weighted by Crippen LogP contribution is 2.17. The van der Waals surface area contributed by atoms with E-state index in [0.29, 0.717) is 19.7 Å². The van der Waals surface area contributed by atoms with Gasteiger partial charge in [-0.2, -0.15) is 0 Å². The molecule has 88 valence electrons. The summed E-state index contributed by atoms with van der Waals surface area (Å²) in [6.45, 7) is 7.15. The zero-order chi connectivity index (χ0) is 11.8. The maximum absolute atomic E-state index is 9.13. The molecule has 0 radical (unpaired) electrons. The number of hydrogen-bond acceptors (Lipinski definition) is 3. The lowest BCUT2D eigenvalue weighted by Crippen LogP contribution is -2.24. The van der Waals surface area contributed by atoms with Crippen molar-refractivity contribution in [3.05, 3.63) is 42.5 Å². The molecule has 3 nitrogen and oxygen atoms in total. The highest BCUT2D eigenvalue weighted by molar-refractivity contribution is 5.33. The predicted octanol–water partition coefficient (Wildman–Crippen LogP) is 1.72. The van der Waals surface area contributed by atoms with Gasteiger partial charge in [0, 0.05) is 18.7 Å². The first-order valence-electron chi connectivity index (χ1n) is 5.44. The Hall–Kier alpha value is -1.32. The van der Waals surface area contributed by atoms with Gasteiger partial charge in [-0.1, -0.05) is 30.9 Å². The molecule has 0 unspecified atom stereocenters. The fourth-order valence-electron chi connectivity index (χ4n) is 1.36. The molecule has 0 aromatic heterocycles. The first-order chi connectivity index (χ1) is 7.74. The summed E-state index contributed by atoms with van der Waals surface area (Å²) in [4.78, 5) is 0. The van der Waals surface area contributed by atoms with Gasteiger partial charge >= 0.3 is 0 Å². The number of hydrogen-bond donors (Lipinski definition) is 2. The monoisotopic (exact) mass is 221 g/mol. The predicted molar refractivity (Wildman–Crippen MR) is 65.5 cm³/mol. The molecule has 0 heterocycles. The van der Waals surface area contributed by atoms with Gasteiger partial charge in [0.15, 0.2) is 0 Å². The van der Waals surface area contributed by atoms with E-state index in [1.54, 1.807) is 13.0 Å². The quantitative estimate of drug-likeness (QED) is 0.689. The Morgan fingerprint density at radius 3 is 2.94 bits per heavy atom. The highest BCUT2D eigenvalue weighted by atomic mass is 16.5. The Bertz CT molecular complexity index is 323. The standard InChI is InChI=1S/C13H19NO2/c1-3-8-16-13-7-5-4-6-12(13)10-14-9-11(2)15/h3-7,11,14-15H,1,8-10H2,2H3/t11-/m1/s1. The van der Waals surface area contributed by atoms with Crippen LogP contribution in [0.4, 0.5) is 0 Å². The Morgan fingerprint density at radius 1 is 1.50 bits per heavy atom. The molecule has 0 aliphatic carbocycles. The molecule has 2 N–H and O–H groups in total. The largest absolute Gasteiger partial charge is 0.489 e. The summed E-state index contributed by atoms with van der Waals surface area (Å²) >= 11 is 0. The third-order valence-electron chi connectivity index (χ3n) is 2.08. The third kappa shape index (κ3) is 4.47.